The van der Waals surface area contributed by atoms with E-state index < -0.39 is 6.10 Å². The minimum atomic E-state index is -0.571. The van der Waals surface area contributed by atoms with E-state index in [-0.39, 0.29) is 25.2 Å². The molecule has 62 heavy (non-hydrogen) atoms. The van der Waals surface area contributed by atoms with Crippen molar-refractivity contribution >= 4 is 11.9 Å². The van der Waals surface area contributed by atoms with Crippen LogP contribution < -0.4 is 0 Å². The largest absolute Gasteiger partial charge is 0.462 e. The molecule has 0 saturated carbocycles. The number of carbonyl (C=O) groups excluding carboxylic acids is 2. The van der Waals surface area contributed by atoms with Crippen molar-refractivity contribution in [3.05, 3.63) is 85.1 Å². The summed E-state index contributed by atoms with van der Waals surface area (Å²) in [6.45, 7) is 7.61. The van der Waals surface area contributed by atoms with Crippen molar-refractivity contribution in [1.29, 1.82) is 0 Å². The summed E-state index contributed by atoms with van der Waals surface area (Å²) in [6, 6.07) is 0. The van der Waals surface area contributed by atoms with Gasteiger partial charge in [-0.2, -0.15) is 0 Å². The van der Waals surface area contributed by atoms with Crippen molar-refractivity contribution < 1.29 is 23.8 Å². The zero-order valence-corrected chi connectivity index (χ0v) is 40.9. The van der Waals surface area contributed by atoms with Crippen LogP contribution in [-0.2, 0) is 23.8 Å². The number of esters is 2. The first-order valence-electron chi connectivity index (χ1n) is 26.1. The lowest BCUT2D eigenvalue weighted by molar-refractivity contribution is -0.162. The number of hydrogen-bond donors (Lipinski definition) is 0. The number of ether oxygens (including phenoxy) is 3. The van der Waals surface area contributed by atoms with Crippen LogP contribution in [0.1, 0.15) is 239 Å². The van der Waals surface area contributed by atoms with Crippen LogP contribution >= 0.6 is 0 Å². The van der Waals surface area contributed by atoms with E-state index in [2.05, 4.69) is 99.8 Å². The Bertz CT molecular complexity index is 1160. The molecule has 0 aliphatic carbocycles. The Labute approximate surface area is 384 Å². The first-order chi connectivity index (χ1) is 30.6. The zero-order chi connectivity index (χ0) is 44.9. The van der Waals surface area contributed by atoms with Gasteiger partial charge in [0.05, 0.1) is 6.61 Å². The molecule has 0 bridgehead atoms. The summed E-state index contributed by atoms with van der Waals surface area (Å²) in [5, 5.41) is 0. The van der Waals surface area contributed by atoms with E-state index in [4.69, 9.17) is 14.2 Å². The highest BCUT2D eigenvalue weighted by Gasteiger charge is 2.17. The lowest BCUT2D eigenvalue weighted by Gasteiger charge is -2.18. The highest BCUT2D eigenvalue weighted by Crippen LogP contribution is 2.15. The van der Waals surface area contributed by atoms with Crippen molar-refractivity contribution in [2.45, 2.75) is 245 Å². The maximum atomic E-state index is 12.8. The fourth-order valence-corrected chi connectivity index (χ4v) is 7.05. The van der Waals surface area contributed by atoms with Crippen LogP contribution in [0.5, 0.6) is 0 Å². The lowest BCUT2D eigenvalue weighted by Crippen LogP contribution is -2.30. The summed E-state index contributed by atoms with van der Waals surface area (Å²) in [6.07, 6.45) is 68.9. The molecule has 0 unspecified atom stereocenters. The number of unbranched alkanes of at least 4 members (excludes halogenated alkanes) is 22. The second kappa shape index (κ2) is 52.4. The Hall–Kier alpha value is -2.92. The van der Waals surface area contributed by atoms with E-state index in [0.717, 1.165) is 77.0 Å². The van der Waals surface area contributed by atoms with E-state index >= 15 is 0 Å². The van der Waals surface area contributed by atoms with Crippen molar-refractivity contribution in [2.75, 3.05) is 19.8 Å². The Morgan fingerprint density at radius 3 is 1.27 bits per heavy atom. The maximum absolute atomic E-state index is 12.8. The van der Waals surface area contributed by atoms with Gasteiger partial charge in [-0.25, -0.2) is 0 Å². The molecule has 0 fully saturated rings. The Kier molecular flexibility index (Phi) is 50.0. The third-order valence-corrected chi connectivity index (χ3v) is 10.9. The minimum Gasteiger partial charge on any atom is -0.462 e. The fourth-order valence-electron chi connectivity index (χ4n) is 7.05. The van der Waals surface area contributed by atoms with Gasteiger partial charge in [0.15, 0.2) is 6.10 Å². The molecule has 0 rings (SSSR count). The molecule has 0 heterocycles. The molecular formula is C57H98O5. The van der Waals surface area contributed by atoms with Gasteiger partial charge >= 0.3 is 11.9 Å². The van der Waals surface area contributed by atoms with Gasteiger partial charge in [-0.05, 0) is 77.0 Å². The Morgan fingerprint density at radius 1 is 0.371 bits per heavy atom. The number of carbonyl (C=O) groups is 2. The molecular weight excluding hydrogens is 765 g/mol. The number of hydrogen-bond acceptors (Lipinski definition) is 5. The third kappa shape index (κ3) is 49.7. The van der Waals surface area contributed by atoms with Crippen LogP contribution in [0.3, 0.4) is 0 Å². The molecule has 0 aromatic carbocycles. The van der Waals surface area contributed by atoms with E-state index in [0.29, 0.717) is 25.9 Å². The molecule has 0 aromatic rings. The highest BCUT2D eigenvalue weighted by molar-refractivity contribution is 5.70. The average molecular weight is 863 g/mol. The minimum absolute atomic E-state index is 0.0407. The third-order valence-electron chi connectivity index (χ3n) is 10.9. The normalized spacial score (nSPS) is 12.9. The van der Waals surface area contributed by atoms with Crippen LogP contribution in [-0.4, -0.2) is 37.9 Å². The summed E-state index contributed by atoms with van der Waals surface area (Å²) in [5.74, 6) is -0.502. The fraction of sp³-hybridized carbons (Fsp3) is 0.719. The smallest absolute Gasteiger partial charge is 0.306 e. The molecule has 1 atom stereocenters. The number of allylic oxidation sites excluding steroid dienone is 14. The molecule has 0 N–H and O–H groups in total. The van der Waals surface area contributed by atoms with Gasteiger partial charge in [-0.3, -0.25) is 9.59 Å². The van der Waals surface area contributed by atoms with Gasteiger partial charge in [0, 0.05) is 19.4 Å². The molecule has 0 saturated heterocycles. The molecule has 0 spiro atoms. The van der Waals surface area contributed by atoms with Crippen LogP contribution in [0.4, 0.5) is 0 Å². The highest BCUT2D eigenvalue weighted by atomic mass is 16.6. The van der Waals surface area contributed by atoms with E-state index in [1.165, 1.54) is 122 Å². The molecule has 0 aliphatic heterocycles. The number of rotatable bonds is 47. The molecule has 0 aromatic heterocycles. The topological polar surface area (TPSA) is 61.8 Å². The van der Waals surface area contributed by atoms with E-state index in [1.54, 1.807) is 0 Å². The van der Waals surface area contributed by atoms with Crippen molar-refractivity contribution in [3.63, 3.8) is 0 Å². The summed E-state index contributed by atoms with van der Waals surface area (Å²) in [5.41, 5.74) is 0. The molecule has 5 heteroatoms. The van der Waals surface area contributed by atoms with Gasteiger partial charge in [-0.1, -0.05) is 234 Å². The van der Waals surface area contributed by atoms with Gasteiger partial charge in [0.25, 0.3) is 0 Å². The van der Waals surface area contributed by atoms with E-state index in [1.807, 2.05) is 6.08 Å². The van der Waals surface area contributed by atoms with Gasteiger partial charge in [0.2, 0.25) is 0 Å². The van der Waals surface area contributed by atoms with Crippen LogP contribution in [0, 0.1) is 0 Å². The predicted octanol–water partition coefficient (Wildman–Crippen LogP) is 17.7. The Morgan fingerprint density at radius 2 is 0.774 bits per heavy atom. The second-order valence-corrected chi connectivity index (χ2v) is 17.0. The quantitative estimate of drug-likeness (QED) is 0.0346. The van der Waals surface area contributed by atoms with E-state index in [9.17, 15) is 9.59 Å². The summed E-state index contributed by atoms with van der Waals surface area (Å²) < 4.78 is 17.3. The summed E-state index contributed by atoms with van der Waals surface area (Å²) in [4.78, 5) is 25.3. The molecule has 0 aliphatic rings. The average Bonchev–Trinajstić information content (AvgIpc) is 3.27. The standard InChI is InChI=1S/C57H98O5/c1-4-7-10-13-16-19-22-24-26-28-29-30-31-33-36-38-41-44-47-50-56(58)61-54-55(62-57(59)51-48-45-42-39-35-21-18-15-12-9-6-3)53-60-52-49-46-43-40-37-34-32-27-25-23-20-17-14-11-8-5-2/h7,10,15-16,18-19,24,26,29-30,33,36,41,44,55H,4-6,8-9,11-14,17,20-23,25,27-28,31-32,34-35,37-40,42-43,45-54H2,1-3H3/b10-7-,18-15-,19-16-,26-24-,30-29-,36-33-,44-41-/t55-/m1/s1. The van der Waals surface area contributed by atoms with Crippen molar-refractivity contribution in [3.8, 4) is 0 Å². The van der Waals surface area contributed by atoms with Gasteiger partial charge in [-0.15, -0.1) is 0 Å². The SMILES string of the molecule is CC/C=C\C/C=C\C/C=C\C/C=C\C/C=C\C/C=C\CCC(=O)OC[C@@H](COCCCCCCCCCCCCCCCCCC)OC(=O)CCCCCCC/C=C\CCCC. The molecule has 0 radical (unpaired) electrons. The molecule has 5 nitrogen and oxygen atoms in total. The van der Waals surface area contributed by atoms with Crippen molar-refractivity contribution in [1.82, 2.24) is 0 Å². The summed E-state index contributed by atoms with van der Waals surface area (Å²) >= 11 is 0. The summed E-state index contributed by atoms with van der Waals surface area (Å²) in [7, 11) is 0. The zero-order valence-electron chi connectivity index (χ0n) is 40.9. The maximum Gasteiger partial charge on any atom is 0.306 e. The van der Waals surface area contributed by atoms with Crippen LogP contribution in [0.25, 0.3) is 0 Å². The van der Waals surface area contributed by atoms with Gasteiger partial charge in [0.1, 0.15) is 6.61 Å². The second-order valence-electron chi connectivity index (χ2n) is 17.0. The Balaban J connectivity index is 4.35. The molecule has 356 valence electrons. The molecule has 0 amide bonds. The monoisotopic (exact) mass is 863 g/mol. The van der Waals surface area contributed by atoms with Crippen molar-refractivity contribution in [2.24, 2.45) is 0 Å². The predicted molar refractivity (Wildman–Crippen MR) is 270 cm³/mol. The van der Waals surface area contributed by atoms with Crippen LogP contribution in [0.15, 0.2) is 85.1 Å². The van der Waals surface area contributed by atoms with Crippen LogP contribution in [0.2, 0.25) is 0 Å². The lowest BCUT2D eigenvalue weighted by atomic mass is 10.0. The first-order valence-corrected chi connectivity index (χ1v) is 26.1. The van der Waals surface area contributed by atoms with Gasteiger partial charge < -0.3 is 14.2 Å². The first kappa shape index (κ1) is 59.1.